The monoisotopic (exact) mass is 559 g/mol. The van der Waals surface area contributed by atoms with Gasteiger partial charge in [-0.15, -0.1) is 0 Å². The molecule has 3 N–H and O–H groups in total. The van der Waals surface area contributed by atoms with Gasteiger partial charge in [0, 0.05) is 6.42 Å². The number of nitrogens with one attached hydrogen (secondary N) is 1. The van der Waals surface area contributed by atoms with E-state index in [9.17, 15) is 15.0 Å². The Hall–Kier alpha value is -1.65. The second kappa shape index (κ2) is 31.9. The number of rotatable bonds is 29. The Labute approximate surface area is 248 Å². The summed E-state index contributed by atoms with van der Waals surface area (Å²) in [5.41, 5.74) is 0. The van der Waals surface area contributed by atoms with Crippen molar-refractivity contribution in [1.82, 2.24) is 5.32 Å². The van der Waals surface area contributed by atoms with Crippen LogP contribution < -0.4 is 5.32 Å². The van der Waals surface area contributed by atoms with Gasteiger partial charge >= 0.3 is 0 Å². The molecular formula is C36H65NO3. The Balaban J connectivity index is 3.75. The van der Waals surface area contributed by atoms with E-state index in [2.05, 4.69) is 55.6 Å². The minimum absolute atomic E-state index is 0.0921. The number of aliphatic hydroxyl groups is 2. The van der Waals surface area contributed by atoms with Crippen molar-refractivity contribution in [3.8, 4) is 0 Å². The largest absolute Gasteiger partial charge is 0.394 e. The fraction of sp³-hybridized carbons (Fsp3) is 0.750. The molecule has 0 aliphatic heterocycles. The van der Waals surface area contributed by atoms with E-state index in [0.717, 1.165) is 51.4 Å². The number of hydrogen-bond acceptors (Lipinski definition) is 3. The van der Waals surface area contributed by atoms with Crippen LogP contribution >= 0.6 is 0 Å². The molecule has 1 amide bonds. The number of aliphatic hydroxyl groups excluding tert-OH is 2. The third-order valence-electron chi connectivity index (χ3n) is 7.28. The van der Waals surface area contributed by atoms with Crippen LogP contribution in [0.3, 0.4) is 0 Å². The van der Waals surface area contributed by atoms with Crippen molar-refractivity contribution in [2.75, 3.05) is 6.61 Å². The Morgan fingerprint density at radius 2 is 1.05 bits per heavy atom. The number of amides is 1. The minimum Gasteiger partial charge on any atom is -0.394 e. The fourth-order valence-electron chi connectivity index (χ4n) is 4.63. The first-order chi connectivity index (χ1) is 19.7. The van der Waals surface area contributed by atoms with Crippen molar-refractivity contribution in [1.29, 1.82) is 0 Å². The molecule has 0 aromatic heterocycles. The van der Waals surface area contributed by atoms with Gasteiger partial charge in [0.25, 0.3) is 0 Å². The second-order valence-electron chi connectivity index (χ2n) is 11.2. The lowest BCUT2D eigenvalue weighted by Crippen LogP contribution is -2.45. The molecule has 232 valence electrons. The summed E-state index contributed by atoms with van der Waals surface area (Å²) in [5.74, 6) is -0.0921. The van der Waals surface area contributed by atoms with Gasteiger partial charge < -0.3 is 15.5 Å². The molecule has 0 saturated carbocycles. The summed E-state index contributed by atoms with van der Waals surface area (Å²) in [5, 5.41) is 22.8. The molecule has 40 heavy (non-hydrogen) atoms. The average molecular weight is 560 g/mol. The van der Waals surface area contributed by atoms with E-state index >= 15 is 0 Å². The maximum atomic E-state index is 12.3. The van der Waals surface area contributed by atoms with Crippen LogP contribution in [0.15, 0.2) is 48.6 Å². The van der Waals surface area contributed by atoms with Gasteiger partial charge in [-0.2, -0.15) is 0 Å². The molecule has 0 bridgehead atoms. The Kier molecular flexibility index (Phi) is 30.6. The Bertz CT molecular complexity index is 652. The zero-order chi connectivity index (χ0) is 29.4. The molecule has 4 heteroatoms. The molecule has 0 radical (unpaired) electrons. The van der Waals surface area contributed by atoms with Crippen LogP contribution in [0.2, 0.25) is 0 Å². The molecule has 0 spiro atoms. The van der Waals surface area contributed by atoms with Gasteiger partial charge in [0.15, 0.2) is 0 Å². The zero-order valence-corrected chi connectivity index (χ0v) is 26.3. The van der Waals surface area contributed by atoms with E-state index in [-0.39, 0.29) is 12.5 Å². The van der Waals surface area contributed by atoms with E-state index in [0.29, 0.717) is 6.42 Å². The predicted molar refractivity (Wildman–Crippen MR) is 175 cm³/mol. The van der Waals surface area contributed by atoms with Gasteiger partial charge in [0.2, 0.25) is 5.91 Å². The first-order valence-corrected chi connectivity index (χ1v) is 16.9. The molecule has 2 atom stereocenters. The molecule has 0 aromatic rings. The molecule has 2 unspecified atom stereocenters. The number of unbranched alkanes of at least 4 members (excludes halogenated alkanes) is 16. The third kappa shape index (κ3) is 27.9. The highest BCUT2D eigenvalue weighted by Crippen LogP contribution is 2.10. The summed E-state index contributed by atoms with van der Waals surface area (Å²) in [6, 6.07) is -0.644. The summed E-state index contributed by atoms with van der Waals surface area (Å²) >= 11 is 0. The maximum absolute atomic E-state index is 12.3. The lowest BCUT2D eigenvalue weighted by Gasteiger charge is -2.19. The van der Waals surface area contributed by atoms with E-state index in [1.807, 2.05) is 6.08 Å². The molecule has 0 aliphatic rings. The molecule has 4 nitrogen and oxygen atoms in total. The van der Waals surface area contributed by atoms with Gasteiger partial charge in [0.1, 0.15) is 0 Å². The summed E-state index contributed by atoms with van der Waals surface area (Å²) in [4.78, 5) is 12.3. The predicted octanol–water partition coefficient (Wildman–Crippen LogP) is 9.67. The van der Waals surface area contributed by atoms with Gasteiger partial charge in [-0.1, -0.05) is 133 Å². The van der Waals surface area contributed by atoms with Crippen LogP contribution in [0.25, 0.3) is 0 Å². The van der Waals surface area contributed by atoms with Crippen molar-refractivity contribution in [3.63, 3.8) is 0 Å². The van der Waals surface area contributed by atoms with Gasteiger partial charge in [0.05, 0.1) is 18.8 Å². The van der Waals surface area contributed by atoms with Crippen molar-refractivity contribution < 1.29 is 15.0 Å². The number of carbonyl (C=O) groups excluding carboxylic acids is 1. The number of allylic oxidation sites excluding steroid dienone is 7. The summed E-state index contributed by atoms with van der Waals surface area (Å²) in [7, 11) is 0. The van der Waals surface area contributed by atoms with Crippen molar-refractivity contribution >= 4 is 5.91 Å². The first-order valence-electron chi connectivity index (χ1n) is 16.9. The van der Waals surface area contributed by atoms with Crippen LogP contribution in [0.5, 0.6) is 0 Å². The number of carbonyl (C=O) groups is 1. The highest BCUT2D eigenvalue weighted by molar-refractivity contribution is 5.76. The van der Waals surface area contributed by atoms with Gasteiger partial charge in [-0.05, 0) is 64.2 Å². The van der Waals surface area contributed by atoms with E-state index in [1.54, 1.807) is 6.08 Å². The number of hydrogen-bond donors (Lipinski definition) is 3. The minimum atomic E-state index is -0.865. The van der Waals surface area contributed by atoms with Gasteiger partial charge in [-0.25, -0.2) is 0 Å². The highest BCUT2D eigenvalue weighted by atomic mass is 16.3. The van der Waals surface area contributed by atoms with Crippen LogP contribution in [0, 0.1) is 0 Å². The summed E-state index contributed by atoms with van der Waals surface area (Å²) in [6.07, 6.45) is 41.8. The normalized spacial score (nSPS) is 13.8. The SMILES string of the molecule is CCCCCC/C=C\C/C=C\CCCCCCCC(=O)NC(CO)C(O)/C=C/CC/C=C/CCCCCCCC. The molecule has 0 aliphatic carbocycles. The van der Waals surface area contributed by atoms with Crippen LogP contribution in [0.4, 0.5) is 0 Å². The maximum Gasteiger partial charge on any atom is 0.220 e. The van der Waals surface area contributed by atoms with E-state index < -0.39 is 12.1 Å². The van der Waals surface area contributed by atoms with E-state index in [4.69, 9.17) is 0 Å². The van der Waals surface area contributed by atoms with Gasteiger partial charge in [-0.3, -0.25) is 4.79 Å². The standard InChI is InChI=1S/C36H65NO3/c1-3-5-7-9-11-13-15-17-18-19-20-22-24-26-28-30-32-36(40)37-34(33-38)35(39)31-29-27-25-23-21-16-14-12-10-8-6-4-2/h13,15,18-19,21,23,29,31,34-35,38-39H,3-12,14,16-17,20,22,24-28,30,32-33H2,1-2H3,(H,37,40)/b15-13-,19-18-,23-21+,31-29+. The van der Waals surface area contributed by atoms with E-state index in [1.165, 1.54) is 83.5 Å². The Morgan fingerprint density at radius 1 is 0.600 bits per heavy atom. The molecule has 0 saturated heterocycles. The quantitative estimate of drug-likeness (QED) is 0.0631. The fourth-order valence-corrected chi connectivity index (χ4v) is 4.63. The molecule has 0 heterocycles. The average Bonchev–Trinajstić information content (AvgIpc) is 2.96. The third-order valence-corrected chi connectivity index (χ3v) is 7.28. The van der Waals surface area contributed by atoms with Crippen molar-refractivity contribution in [2.24, 2.45) is 0 Å². The van der Waals surface area contributed by atoms with Crippen LogP contribution in [0.1, 0.15) is 155 Å². The Morgan fingerprint density at radius 3 is 1.62 bits per heavy atom. The second-order valence-corrected chi connectivity index (χ2v) is 11.2. The molecule has 0 aromatic carbocycles. The molecule has 0 rings (SSSR count). The topological polar surface area (TPSA) is 69.6 Å². The zero-order valence-electron chi connectivity index (χ0n) is 26.3. The highest BCUT2D eigenvalue weighted by Gasteiger charge is 2.17. The van der Waals surface area contributed by atoms with Crippen LogP contribution in [-0.4, -0.2) is 34.9 Å². The van der Waals surface area contributed by atoms with Crippen LogP contribution in [-0.2, 0) is 4.79 Å². The molecule has 0 fully saturated rings. The summed E-state index contributed by atoms with van der Waals surface area (Å²) in [6.45, 7) is 4.23. The summed E-state index contributed by atoms with van der Waals surface area (Å²) < 4.78 is 0. The van der Waals surface area contributed by atoms with Crippen molar-refractivity contribution in [2.45, 2.75) is 167 Å². The molecular weight excluding hydrogens is 494 g/mol. The van der Waals surface area contributed by atoms with Crippen molar-refractivity contribution in [3.05, 3.63) is 48.6 Å². The lowest BCUT2D eigenvalue weighted by atomic mass is 10.1. The smallest absolute Gasteiger partial charge is 0.220 e. The first kappa shape index (κ1) is 38.4. The lowest BCUT2D eigenvalue weighted by molar-refractivity contribution is -0.123.